The number of aliphatic hydroxyl groups is 1. The Balaban J connectivity index is 2.97. The molecular weight excluding hydrogens is 302 g/mol. The van der Waals surface area contributed by atoms with Crippen molar-refractivity contribution in [2.75, 3.05) is 13.7 Å². The summed E-state index contributed by atoms with van der Waals surface area (Å²) in [5.74, 6) is -3.81. The van der Waals surface area contributed by atoms with E-state index in [1.807, 2.05) is 0 Å². The molecule has 0 aromatic heterocycles. The lowest BCUT2D eigenvalue weighted by Gasteiger charge is -2.27. The second-order valence-corrected chi connectivity index (χ2v) is 4.49. The van der Waals surface area contributed by atoms with Crippen LogP contribution in [-0.2, 0) is 11.2 Å². The Morgan fingerprint density at radius 1 is 1.00 bits per heavy atom. The molecule has 0 heterocycles. The van der Waals surface area contributed by atoms with Gasteiger partial charge in [-0.1, -0.05) is 24.3 Å². The molecule has 1 unspecified atom stereocenters. The second-order valence-electron chi connectivity index (χ2n) is 4.49. The van der Waals surface area contributed by atoms with E-state index in [0.29, 0.717) is 18.6 Å². The topological polar surface area (TPSA) is 29.5 Å². The van der Waals surface area contributed by atoms with Gasteiger partial charge in [0, 0.05) is 7.11 Å². The Kier molecular flexibility index (Phi) is 5.63. The third-order valence-electron chi connectivity index (χ3n) is 2.94. The van der Waals surface area contributed by atoms with Crippen LogP contribution < -0.4 is 0 Å². The Hall–Kier alpha value is -1.28. The molecule has 0 radical (unpaired) electrons. The zero-order valence-electron chi connectivity index (χ0n) is 11.0. The first-order valence-corrected chi connectivity index (χ1v) is 5.96. The predicted octanol–water partition coefficient (Wildman–Crippen LogP) is 3.65. The Bertz CT molecular complexity index is 423. The van der Waals surface area contributed by atoms with Gasteiger partial charge in [0.05, 0.1) is 12.7 Å². The Morgan fingerprint density at radius 3 is 1.86 bits per heavy atom. The molecule has 1 aromatic rings. The molecule has 0 aliphatic heterocycles. The Labute approximate surface area is 117 Å². The minimum atomic E-state index is -5.58. The summed E-state index contributed by atoms with van der Waals surface area (Å²) < 4.78 is 79.8. The normalized spacial score (nSPS) is 14.5. The SMILES string of the molecule is COCCc1ccc(C(O)C(C(F)(F)F)C(F)(F)F)cc1. The minimum absolute atomic E-state index is 0.371. The van der Waals surface area contributed by atoms with Crippen molar-refractivity contribution in [1.82, 2.24) is 0 Å². The lowest BCUT2D eigenvalue weighted by Crippen LogP contribution is -2.40. The maximum atomic E-state index is 12.5. The van der Waals surface area contributed by atoms with E-state index in [4.69, 9.17) is 4.74 Å². The van der Waals surface area contributed by atoms with Gasteiger partial charge in [0.2, 0.25) is 0 Å². The van der Waals surface area contributed by atoms with Crippen molar-refractivity contribution in [3.63, 3.8) is 0 Å². The van der Waals surface area contributed by atoms with Crippen molar-refractivity contribution in [3.05, 3.63) is 35.4 Å². The monoisotopic (exact) mass is 316 g/mol. The van der Waals surface area contributed by atoms with Gasteiger partial charge in [0.25, 0.3) is 0 Å². The summed E-state index contributed by atoms with van der Waals surface area (Å²) in [6.45, 7) is 0.371. The van der Waals surface area contributed by atoms with Crippen molar-refractivity contribution in [3.8, 4) is 0 Å². The lowest BCUT2D eigenvalue weighted by atomic mass is 9.93. The number of hydrogen-bond acceptors (Lipinski definition) is 2. The zero-order chi connectivity index (χ0) is 16.3. The third-order valence-corrected chi connectivity index (χ3v) is 2.94. The van der Waals surface area contributed by atoms with Crippen LogP contribution in [0.2, 0.25) is 0 Å². The molecule has 1 N–H and O–H groups in total. The maximum Gasteiger partial charge on any atom is 0.403 e. The van der Waals surface area contributed by atoms with Crippen LogP contribution in [0.5, 0.6) is 0 Å². The van der Waals surface area contributed by atoms with Gasteiger partial charge in [-0.05, 0) is 17.5 Å². The minimum Gasteiger partial charge on any atom is -0.387 e. The van der Waals surface area contributed by atoms with Gasteiger partial charge < -0.3 is 9.84 Å². The quantitative estimate of drug-likeness (QED) is 0.840. The van der Waals surface area contributed by atoms with Gasteiger partial charge in [-0.3, -0.25) is 0 Å². The molecule has 120 valence electrons. The van der Waals surface area contributed by atoms with Crippen molar-refractivity contribution in [2.45, 2.75) is 24.9 Å². The molecular formula is C13H14F6O2. The van der Waals surface area contributed by atoms with Crippen LogP contribution >= 0.6 is 0 Å². The number of benzene rings is 1. The average Bonchev–Trinajstić information content (AvgIpc) is 2.33. The molecule has 0 amide bonds. The molecule has 0 bridgehead atoms. The van der Waals surface area contributed by atoms with Gasteiger partial charge in [-0.15, -0.1) is 0 Å². The van der Waals surface area contributed by atoms with Gasteiger partial charge >= 0.3 is 12.4 Å². The number of methoxy groups -OCH3 is 1. The summed E-state index contributed by atoms with van der Waals surface area (Å²) in [6.07, 6.45) is -13.4. The van der Waals surface area contributed by atoms with E-state index >= 15 is 0 Å². The zero-order valence-corrected chi connectivity index (χ0v) is 11.0. The molecule has 2 nitrogen and oxygen atoms in total. The van der Waals surface area contributed by atoms with E-state index in [1.165, 1.54) is 19.2 Å². The second kappa shape index (κ2) is 6.65. The van der Waals surface area contributed by atoms with Gasteiger partial charge in [-0.2, -0.15) is 26.3 Å². The smallest absolute Gasteiger partial charge is 0.387 e. The van der Waals surface area contributed by atoms with Crippen molar-refractivity contribution < 1.29 is 36.2 Å². The molecule has 0 aliphatic rings. The predicted molar refractivity (Wildman–Crippen MR) is 62.6 cm³/mol. The summed E-state index contributed by atoms with van der Waals surface area (Å²) in [5, 5.41) is 9.45. The van der Waals surface area contributed by atoms with Crippen molar-refractivity contribution >= 4 is 0 Å². The highest BCUT2D eigenvalue weighted by atomic mass is 19.4. The summed E-state index contributed by atoms with van der Waals surface area (Å²) in [5.41, 5.74) is 0.249. The van der Waals surface area contributed by atoms with E-state index in [9.17, 15) is 31.4 Å². The molecule has 1 rings (SSSR count). The first kappa shape index (κ1) is 17.8. The van der Waals surface area contributed by atoms with Crippen LogP contribution in [0.1, 0.15) is 17.2 Å². The van der Waals surface area contributed by atoms with Crippen LogP contribution in [0, 0.1) is 5.92 Å². The van der Waals surface area contributed by atoms with Gasteiger partial charge in [0.15, 0.2) is 5.92 Å². The van der Waals surface area contributed by atoms with E-state index in [1.54, 1.807) is 0 Å². The van der Waals surface area contributed by atoms with E-state index in [-0.39, 0.29) is 0 Å². The number of hydrogen-bond donors (Lipinski definition) is 1. The fourth-order valence-electron chi connectivity index (χ4n) is 1.84. The fourth-order valence-corrected chi connectivity index (χ4v) is 1.84. The molecule has 0 fully saturated rings. The fraction of sp³-hybridized carbons (Fsp3) is 0.538. The highest BCUT2D eigenvalue weighted by molar-refractivity contribution is 5.25. The van der Waals surface area contributed by atoms with E-state index in [2.05, 4.69) is 0 Å². The van der Waals surface area contributed by atoms with Crippen LogP contribution in [0.15, 0.2) is 24.3 Å². The average molecular weight is 316 g/mol. The number of aliphatic hydroxyl groups excluding tert-OH is 1. The molecule has 0 spiro atoms. The maximum absolute atomic E-state index is 12.5. The Morgan fingerprint density at radius 2 is 1.48 bits per heavy atom. The van der Waals surface area contributed by atoms with E-state index < -0.39 is 29.9 Å². The summed E-state index contributed by atoms with van der Waals surface area (Å²) in [4.78, 5) is 0. The molecule has 1 atom stereocenters. The molecule has 0 saturated heterocycles. The summed E-state index contributed by atoms with van der Waals surface area (Å²) in [6, 6.07) is 4.84. The number of ether oxygens (including phenoxy) is 1. The third kappa shape index (κ3) is 4.89. The first-order chi connectivity index (χ1) is 9.57. The summed E-state index contributed by atoms with van der Waals surface area (Å²) in [7, 11) is 1.47. The van der Waals surface area contributed by atoms with Gasteiger partial charge in [-0.25, -0.2) is 0 Å². The molecule has 8 heteroatoms. The first-order valence-electron chi connectivity index (χ1n) is 5.96. The number of rotatable bonds is 5. The van der Waals surface area contributed by atoms with Crippen LogP contribution in [0.25, 0.3) is 0 Å². The number of halogens is 6. The van der Waals surface area contributed by atoms with Crippen molar-refractivity contribution in [1.29, 1.82) is 0 Å². The van der Waals surface area contributed by atoms with Crippen LogP contribution in [0.4, 0.5) is 26.3 Å². The van der Waals surface area contributed by atoms with Crippen LogP contribution in [-0.4, -0.2) is 31.2 Å². The molecule has 21 heavy (non-hydrogen) atoms. The van der Waals surface area contributed by atoms with Crippen molar-refractivity contribution in [2.24, 2.45) is 5.92 Å². The standard InChI is InChI=1S/C13H14F6O2/c1-21-7-6-8-2-4-9(5-3-8)10(20)11(12(14,15)16)13(17,18)19/h2-5,10-11,20H,6-7H2,1H3. The highest BCUT2D eigenvalue weighted by Crippen LogP contribution is 2.46. The van der Waals surface area contributed by atoms with Gasteiger partial charge in [0.1, 0.15) is 0 Å². The largest absolute Gasteiger partial charge is 0.403 e. The van der Waals surface area contributed by atoms with Crippen LogP contribution in [0.3, 0.4) is 0 Å². The lowest BCUT2D eigenvalue weighted by molar-refractivity contribution is -0.307. The molecule has 0 aliphatic carbocycles. The number of alkyl halides is 6. The summed E-state index contributed by atoms with van der Waals surface area (Å²) >= 11 is 0. The molecule has 0 saturated carbocycles. The highest BCUT2D eigenvalue weighted by Gasteiger charge is 2.60. The molecule has 1 aromatic carbocycles. The van der Waals surface area contributed by atoms with E-state index in [0.717, 1.165) is 12.1 Å².